The van der Waals surface area contributed by atoms with Crippen LogP contribution in [-0.4, -0.2) is 20.2 Å². The van der Waals surface area contributed by atoms with E-state index in [-0.39, 0.29) is 0 Å². The lowest BCUT2D eigenvalue weighted by Gasteiger charge is -2.01. The second-order valence-corrected chi connectivity index (χ2v) is 4.91. The van der Waals surface area contributed by atoms with E-state index < -0.39 is 0 Å². The van der Waals surface area contributed by atoms with Gasteiger partial charge in [0, 0.05) is 23.3 Å². The highest BCUT2D eigenvalue weighted by Crippen LogP contribution is 2.34. The fourth-order valence-electron chi connectivity index (χ4n) is 1.82. The lowest BCUT2D eigenvalue weighted by Crippen LogP contribution is -1.89. The zero-order valence-corrected chi connectivity index (χ0v) is 10.5. The summed E-state index contributed by atoms with van der Waals surface area (Å²) >= 11 is 1.60. The number of nitrogens with one attached hydrogen (secondary N) is 1. The molecule has 3 aromatic heterocycles. The highest BCUT2D eigenvalue weighted by atomic mass is 32.1. The number of aromatic nitrogens is 4. The summed E-state index contributed by atoms with van der Waals surface area (Å²) in [6, 6.07) is 3.83. The van der Waals surface area contributed by atoms with Crippen molar-refractivity contribution in [3.63, 3.8) is 0 Å². The number of hydrogen-bond acceptors (Lipinski definition) is 5. The van der Waals surface area contributed by atoms with Crippen molar-refractivity contribution in [3.8, 4) is 22.5 Å². The second kappa shape index (κ2) is 4.23. The van der Waals surface area contributed by atoms with Gasteiger partial charge in [-0.25, -0.2) is 4.98 Å². The molecule has 0 aliphatic rings. The van der Waals surface area contributed by atoms with Gasteiger partial charge >= 0.3 is 0 Å². The zero-order chi connectivity index (χ0) is 12.5. The third-order valence-corrected chi connectivity index (χ3v) is 3.39. The van der Waals surface area contributed by atoms with E-state index in [9.17, 15) is 0 Å². The fourth-order valence-corrected chi connectivity index (χ4v) is 2.43. The number of nitrogens with two attached hydrogens (primary N) is 1. The third kappa shape index (κ3) is 1.76. The highest BCUT2D eigenvalue weighted by molar-refractivity contribution is 7.09. The number of nitrogens with zero attached hydrogens (tertiary/aromatic N) is 3. The molecule has 0 radical (unpaired) electrons. The first-order chi connectivity index (χ1) is 8.75. The number of aromatic amines is 1. The molecule has 0 aliphatic heterocycles. The first kappa shape index (κ1) is 10.9. The van der Waals surface area contributed by atoms with Crippen LogP contribution >= 0.6 is 11.3 Å². The standard InChI is InChI=1S/C12H11N5S/c1-7-15-9(6-18-7)11-10(12(13)17-16-11)8-3-2-4-14-5-8/h2-6H,1H3,(H3,13,16,17). The Bertz CT molecular complexity index is 671. The Kier molecular flexibility index (Phi) is 2.56. The SMILES string of the molecule is Cc1nc(-c2[nH]nc(N)c2-c2cccnc2)cs1. The predicted octanol–water partition coefficient (Wildman–Crippen LogP) is 2.49. The lowest BCUT2D eigenvalue weighted by molar-refractivity contribution is 1.09. The number of H-pyrrole nitrogens is 1. The summed E-state index contributed by atoms with van der Waals surface area (Å²) < 4.78 is 0. The highest BCUT2D eigenvalue weighted by Gasteiger charge is 2.16. The number of hydrogen-bond donors (Lipinski definition) is 2. The Hall–Kier alpha value is -2.21. The van der Waals surface area contributed by atoms with E-state index in [1.807, 2.05) is 24.4 Å². The molecule has 0 saturated heterocycles. The Balaban J connectivity index is 2.18. The summed E-state index contributed by atoms with van der Waals surface area (Å²) in [4.78, 5) is 8.56. The van der Waals surface area contributed by atoms with Crippen molar-refractivity contribution in [1.82, 2.24) is 20.2 Å². The Morgan fingerprint density at radius 2 is 2.28 bits per heavy atom. The lowest BCUT2D eigenvalue weighted by atomic mass is 10.1. The fraction of sp³-hybridized carbons (Fsp3) is 0.0833. The minimum Gasteiger partial charge on any atom is -0.382 e. The molecule has 3 heterocycles. The number of thiazole rings is 1. The Labute approximate surface area is 108 Å². The van der Waals surface area contributed by atoms with Gasteiger partial charge in [-0.05, 0) is 13.0 Å². The maximum absolute atomic E-state index is 5.92. The number of aryl methyl sites for hydroxylation is 1. The summed E-state index contributed by atoms with van der Waals surface area (Å²) in [5, 5.41) is 10.0. The van der Waals surface area contributed by atoms with Gasteiger partial charge in [0.2, 0.25) is 0 Å². The summed E-state index contributed by atoms with van der Waals surface area (Å²) in [6.45, 7) is 1.97. The molecule has 3 N–H and O–H groups in total. The molecule has 0 bridgehead atoms. The smallest absolute Gasteiger partial charge is 0.153 e. The van der Waals surface area contributed by atoms with Crippen LogP contribution in [0, 0.1) is 6.92 Å². The van der Waals surface area contributed by atoms with Crippen molar-refractivity contribution in [2.45, 2.75) is 6.92 Å². The molecule has 0 amide bonds. The van der Waals surface area contributed by atoms with Crippen molar-refractivity contribution in [3.05, 3.63) is 34.9 Å². The predicted molar refractivity (Wildman–Crippen MR) is 72.1 cm³/mol. The molecule has 3 rings (SSSR count). The maximum atomic E-state index is 5.92. The molecule has 18 heavy (non-hydrogen) atoms. The molecule has 0 fully saturated rings. The molecule has 0 spiro atoms. The molecular weight excluding hydrogens is 246 g/mol. The van der Waals surface area contributed by atoms with Crippen LogP contribution in [0.4, 0.5) is 5.82 Å². The van der Waals surface area contributed by atoms with Crippen LogP contribution in [0.1, 0.15) is 5.01 Å². The molecule has 3 aromatic rings. The van der Waals surface area contributed by atoms with Gasteiger partial charge in [-0.15, -0.1) is 11.3 Å². The van der Waals surface area contributed by atoms with Gasteiger partial charge in [0.25, 0.3) is 0 Å². The maximum Gasteiger partial charge on any atom is 0.153 e. The third-order valence-electron chi connectivity index (χ3n) is 2.62. The van der Waals surface area contributed by atoms with Gasteiger partial charge in [0.1, 0.15) is 0 Å². The van der Waals surface area contributed by atoms with Crippen LogP contribution in [0.3, 0.4) is 0 Å². The average Bonchev–Trinajstić information content (AvgIpc) is 2.96. The number of nitrogen functional groups attached to an aromatic ring is 1. The van der Waals surface area contributed by atoms with Crippen LogP contribution in [0.25, 0.3) is 22.5 Å². The summed E-state index contributed by atoms with van der Waals surface area (Å²) in [7, 11) is 0. The minimum absolute atomic E-state index is 0.462. The molecule has 0 unspecified atom stereocenters. The van der Waals surface area contributed by atoms with Crippen molar-refractivity contribution in [1.29, 1.82) is 0 Å². The van der Waals surface area contributed by atoms with Crippen LogP contribution < -0.4 is 5.73 Å². The van der Waals surface area contributed by atoms with E-state index in [1.165, 1.54) is 0 Å². The van der Waals surface area contributed by atoms with Gasteiger partial charge in [-0.3, -0.25) is 10.1 Å². The van der Waals surface area contributed by atoms with Crippen molar-refractivity contribution >= 4 is 17.2 Å². The monoisotopic (exact) mass is 257 g/mol. The average molecular weight is 257 g/mol. The van der Waals surface area contributed by atoms with Gasteiger partial charge in [-0.1, -0.05) is 6.07 Å². The van der Waals surface area contributed by atoms with Gasteiger partial charge < -0.3 is 5.73 Å². The van der Waals surface area contributed by atoms with Gasteiger partial charge in [-0.2, -0.15) is 5.10 Å². The molecule has 0 atom stereocenters. The van der Waals surface area contributed by atoms with E-state index in [1.54, 1.807) is 23.7 Å². The Morgan fingerprint density at radius 1 is 1.39 bits per heavy atom. The van der Waals surface area contributed by atoms with Crippen LogP contribution in [0.15, 0.2) is 29.9 Å². The van der Waals surface area contributed by atoms with E-state index in [0.717, 1.165) is 27.5 Å². The zero-order valence-electron chi connectivity index (χ0n) is 9.71. The van der Waals surface area contributed by atoms with Crippen molar-refractivity contribution in [2.75, 3.05) is 5.73 Å². The van der Waals surface area contributed by atoms with E-state index in [0.29, 0.717) is 5.82 Å². The topological polar surface area (TPSA) is 80.5 Å². The van der Waals surface area contributed by atoms with E-state index >= 15 is 0 Å². The molecule has 90 valence electrons. The molecule has 6 heteroatoms. The first-order valence-electron chi connectivity index (χ1n) is 5.42. The summed E-state index contributed by atoms with van der Waals surface area (Å²) in [6.07, 6.45) is 3.50. The van der Waals surface area contributed by atoms with Crippen LogP contribution in [0.2, 0.25) is 0 Å². The number of pyridine rings is 1. The largest absolute Gasteiger partial charge is 0.382 e. The van der Waals surface area contributed by atoms with Crippen LogP contribution in [0.5, 0.6) is 0 Å². The van der Waals surface area contributed by atoms with Crippen molar-refractivity contribution < 1.29 is 0 Å². The molecular formula is C12H11N5S. The molecule has 0 aliphatic carbocycles. The first-order valence-corrected chi connectivity index (χ1v) is 6.30. The normalized spacial score (nSPS) is 10.7. The molecule has 0 aromatic carbocycles. The Morgan fingerprint density at radius 3 is 2.94 bits per heavy atom. The molecule has 0 saturated carbocycles. The number of anilines is 1. The second-order valence-electron chi connectivity index (χ2n) is 3.85. The number of rotatable bonds is 2. The van der Waals surface area contributed by atoms with E-state index in [4.69, 9.17) is 5.73 Å². The van der Waals surface area contributed by atoms with Crippen molar-refractivity contribution in [2.24, 2.45) is 0 Å². The van der Waals surface area contributed by atoms with Gasteiger partial charge in [0.05, 0.1) is 22.0 Å². The minimum atomic E-state index is 0.462. The van der Waals surface area contributed by atoms with Crippen LogP contribution in [-0.2, 0) is 0 Å². The summed E-state index contributed by atoms with van der Waals surface area (Å²) in [5.74, 6) is 0.462. The summed E-state index contributed by atoms with van der Waals surface area (Å²) in [5.41, 5.74) is 9.41. The van der Waals surface area contributed by atoms with Gasteiger partial charge in [0.15, 0.2) is 5.82 Å². The quantitative estimate of drug-likeness (QED) is 0.739. The van der Waals surface area contributed by atoms with E-state index in [2.05, 4.69) is 20.2 Å². The molecule has 5 nitrogen and oxygen atoms in total.